The largest absolute Gasteiger partial charge is 0.497 e. The molecule has 1 aromatic heterocycles. The van der Waals surface area contributed by atoms with Crippen LogP contribution >= 0.6 is 0 Å². The van der Waals surface area contributed by atoms with Crippen LogP contribution in [0.25, 0.3) is 11.0 Å². The molecule has 0 saturated carbocycles. The number of imidazole rings is 1. The number of anilines is 1. The van der Waals surface area contributed by atoms with E-state index in [0.717, 1.165) is 54.2 Å². The first kappa shape index (κ1) is 19.6. The van der Waals surface area contributed by atoms with E-state index in [0.29, 0.717) is 13.0 Å². The molecule has 1 atom stereocenters. The summed E-state index contributed by atoms with van der Waals surface area (Å²) in [5.74, 6) is 1.64. The van der Waals surface area contributed by atoms with Crippen molar-refractivity contribution in [1.29, 1.82) is 0 Å². The molecule has 0 radical (unpaired) electrons. The van der Waals surface area contributed by atoms with Crippen LogP contribution in [0.2, 0.25) is 0 Å². The van der Waals surface area contributed by atoms with Gasteiger partial charge in [0.1, 0.15) is 18.1 Å². The third-order valence-electron chi connectivity index (χ3n) is 6.29. The predicted molar refractivity (Wildman–Crippen MR) is 118 cm³/mol. The fourth-order valence-corrected chi connectivity index (χ4v) is 4.68. The van der Waals surface area contributed by atoms with E-state index in [2.05, 4.69) is 0 Å². The molecule has 7 heteroatoms. The molecule has 2 aliphatic rings. The number of carbonyl (C=O) groups is 2. The Morgan fingerprint density at radius 2 is 1.94 bits per heavy atom. The van der Waals surface area contributed by atoms with E-state index < -0.39 is 0 Å². The Kier molecular flexibility index (Phi) is 5.10. The molecule has 3 heterocycles. The molecular formula is C24H26N4O3. The van der Waals surface area contributed by atoms with Crippen LogP contribution in [0.5, 0.6) is 5.75 Å². The topological polar surface area (TPSA) is 67.7 Å². The highest BCUT2D eigenvalue weighted by Gasteiger charge is 2.35. The van der Waals surface area contributed by atoms with Crippen LogP contribution in [0.4, 0.5) is 5.69 Å². The van der Waals surface area contributed by atoms with Crippen molar-refractivity contribution in [1.82, 2.24) is 14.5 Å². The number of hydrogen-bond acceptors (Lipinski definition) is 4. The SMILES string of the molecule is COc1cccc(N2C[C@H](c3nc4ccccc4n3CC(=O)N3CCCC3)CC2=O)c1. The predicted octanol–water partition coefficient (Wildman–Crippen LogP) is 3.19. The maximum atomic E-state index is 12.9. The van der Waals surface area contributed by atoms with Crippen molar-refractivity contribution in [3.05, 3.63) is 54.4 Å². The van der Waals surface area contributed by atoms with Gasteiger partial charge in [0.15, 0.2) is 0 Å². The average molecular weight is 418 g/mol. The summed E-state index contributed by atoms with van der Waals surface area (Å²) in [4.78, 5) is 34.4. The first-order chi connectivity index (χ1) is 15.1. The molecule has 160 valence electrons. The van der Waals surface area contributed by atoms with E-state index in [4.69, 9.17) is 9.72 Å². The van der Waals surface area contributed by atoms with E-state index in [1.165, 1.54) is 0 Å². The molecule has 2 fully saturated rings. The molecule has 7 nitrogen and oxygen atoms in total. The summed E-state index contributed by atoms with van der Waals surface area (Å²) >= 11 is 0. The molecule has 2 saturated heterocycles. The smallest absolute Gasteiger partial charge is 0.242 e. The molecule has 31 heavy (non-hydrogen) atoms. The Hall–Kier alpha value is -3.35. The first-order valence-corrected chi connectivity index (χ1v) is 10.8. The molecule has 2 aromatic carbocycles. The minimum Gasteiger partial charge on any atom is -0.497 e. The van der Waals surface area contributed by atoms with Gasteiger partial charge in [0, 0.05) is 43.7 Å². The Bertz CT molecular complexity index is 1130. The van der Waals surface area contributed by atoms with Crippen LogP contribution in [0.15, 0.2) is 48.5 Å². The maximum absolute atomic E-state index is 12.9. The van der Waals surface area contributed by atoms with E-state index >= 15 is 0 Å². The molecule has 0 N–H and O–H groups in total. The zero-order valence-electron chi connectivity index (χ0n) is 17.7. The van der Waals surface area contributed by atoms with Gasteiger partial charge < -0.3 is 19.1 Å². The summed E-state index contributed by atoms with van der Waals surface area (Å²) in [6, 6.07) is 15.4. The Morgan fingerprint density at radius 1 is 1.13 bits per heavy atom. The van der Waals surface area contributed by atoms with Crippen molar-refractivity contribution in [2.45, 2.75) is 31.7 Å². The van der Waals surface area contributed by atoms with Gasteiger partial charge in [-0.1, -0.05) is 18.2 Å². The monoisotopic (exact) mass is 418 g/mol. The summed E-state index contributed by atoms with van der Waals surface area (Å²) in [5, 5.41) is 0. The second-order valence-electron chi connectivity index (χ2n) is 8.24. The molecular weight excluding hydrogens is 392 g/mol. The van der Waals surface area contributed by atoms with Crippen molar-refractivity contribution in [2.75, 3.05) is 31.6 Å². The highest BCUT2D eigenvalue weighted by Crippen LogP contribution is 2.34. The number of hydrogen-bond donors (Lipinski definition) is 0. The molecule has 0 aliphatic carbocycles. The fraction of sp³-hybridized carbons (Fsp3) is 0.375. The molecule has 0 bridgehead atoms. The maximum Gasteiger partial charge on any atom is 0.242 e. The number of likely N-dealkylation sites (tertiary alicyclic amines) is 1. The number of methoxy groups -OCH3 is 1. The van der Waals surface area contributed by atoms with Crippen LogP contribution in [-0.2, 0) is 16.1 Å². The average Bonchev–Trinajstić information content (AvgIpc) is 3.53. The number of rotatable bonds is 5. The van der Waals surface area contributed by atoms with Crippen LogP contribution in [-0.4, -0.2) is 53.0 Å². The lowest BCUT2D eigenvalue weighted by Gasteiger charge is -2.19. The third kappa shape index (κ3) is 3.65. The van der Waals surface area contributed by atoms with E-state index in [9.17, 15) is 9.59 Å². The van der Waals surface area contributed by atoms with Gasteiger partial charge in [-0.15, -0.1) is 0 Å². The van der Waals surface area contributed by atoms with Crippen molar-refractivity contribution in [3.63, 3.8) is 0 Å². The Balaban J connectivity index is 1.47. The number of amides is 2. The van der Waals surface area contributed by atoms with Crippen molar-refractivity contribution in [3.8, 4) is 5.75 Å². The third-order valence-corrected chi connectivity index (χ3v) is 6.29. The minimum absolute atomic E-state index is 0.0581. The number of ether oxygens (including phenoxy) is 1. The van der Waals surface area contributed by atoms with Crippen LogP contribution < -0.4 is 9.64 Å². The van der Waals surface area contributed by atoms with E-state index in [1.807, 2.05) is 58.0 Å². The van der Waals surface area contributed by atoms with Gasteiger partial charge in [-0.3, -0.25) is 9.59 Å². The molecule has 0 spiro atoms. The Morgan fingerprint density at radius 3 is 2.74 bits per heavy atom. The van der Waals surface area contributed by atoms with Gasteiger partial charge in [0.05, 0.1) is 18.1 Å². The summed E-state index contributed by atoms with van der Waals surface area (Å²) < 4.78 is 7.33. The van der Waals surface area contributed by atoms with Crippen LogP contribution in [0.3, 0.4) is 0 Å². The fourth-order valence-electron chi connectivity index (χ4n) is 4.68. The van der Waals surface area contributed by atoms with Crippen LogP contribution in [0, 0.1) is 0 Å². The summed E-state index contributed by atoms with van der Waals surface area (Å²) in [6.45, 7) is 2.45. The molecule has 2 amide bonds. The standard InChI is InChI=1S/C24H26N4O3/c1-31-19-8-6-7-18(14-19)27-15-17(13-22(27)29)24-25-20-9-2-3-10-21(20)28(24)16-23(30)26-11-4-5-12-26/h2-3,6-10,14,17H,4-5,11-13,15-16H2,1H3/t17-/m1/s1. The lowest BCUT2D eigenvalue weighted by Crippen LogP contribution is -2.32. The summed E-state index contributed by atoms with van der Waals surface area (Å²) in [5.41, 5.74) is 2.62. The number of fused-ring (bicyclic) bond motifs is 1. The first-order valence-electron chi connectivity index (χ1n) is 10.8. The van der Waals surface area contributed by atoms with Gasteiger partial charge in [-0.25, -0.2) is 4.98 Å². The molecule has 5 rings (SSSR count). The highest BCUT2D eigenvalue weighted by molar-refractivity contribution is 5.96. The summed E-state index contributed by atoms with van der Waals surface area (Å²) in [6.07, 6.45) is 2.50. The van der Waals surface area contributed by atoms with Crippen molar-refractivity contribution in [2.24, 2.45) is 0 Å². The van der Waals surface area contributed by atoms with Gasteiger partial charge in [-0.05, 0) is 37.1 Å². The number of para-hydroxylation sites is 2. The van der Waals surface area contributed by atoms with Crippen molar-refractivity contribution >= 4 is 28.5 Å². The highest BCUT2D eigenvalue weighted by atomic mass is 16.5. The number of benzene rings is 2. The number of carbonyl (C=O) groups excluding carboxylic acids is 2. The lowest BCUT2D eigenvalue weighted by molar-refractivity contribution is -0.130. The van der Waals surface area contributed by atoms with Crippen molar-refractivity contribution < 1.29 is 14.3 Å². The number of aromatic nitrogens is 2. The zero-order valence-corrected chi connectivity index (χ0v) is 17.7. The van der Waals surface area contributed by atoms with Gasteiger partial charge >= 0.3 is 0 Å². The second kappa shape index (κ2) is 8.06. The van der Waals surface area contributed by atoms with Gasteiger partial charge in [0.25, 0.3) is 0 Å². The zero-order chi connectivity index (χ0) is 21.4. The summed E-state index contributed by atoms with van der Waals surface area (Å²) in [7, 11) is 1.62. The normalized spacial score (nSPS) is 18.9. The van der Waals surface area contributed by atoms with Gasteiger partial charge in [-0.2, -0.15) is 0 Å². The quantitative estimate of drug-likeness (QED) is 0.638. The van der Waals surface area contributed by atoms with Crippen LogP contribution in [0.1, 0.15) is 31.0 Å². The Labute approximate surface area is 181 Å². The van der Waals surface area contributed by atoms with E-state index in [-0.39, 0.29) is 24.3 Å². The van der Waals surface area contributed by atoms with E-state index in [1.54, 1.807) is 12.0 Å². The minimum atomic E-state index is -0.0718. The lowest BCUT2D eigenvalue weighted by atomic mass is 10.1. The molecule has 3 aromatic rings. The molecule has 2 aliphatic heterocycles. The second-order valence-corrected chi connectivity index (χ2v) is 8.24. The van der Waals surface area contributed by atoms with Gasteiger partial charge in [0.2, 0.25) is 11.8 Å². The molecule has 0 unspecified atom stereocenters. The number of nitrogens with zero attached hydrogens (tertiary/aromatic N) is 4.